The Labute approximate surface area is 98.7 Å². The van der Waals surface area contributed by atoms with Crippen LogP contribution in [-0.2, 0) is 9.53 Å². The van der Waals surface area contributed by atoms with Crippen LogP contribution in [0.2, 0.25) is 0 Å². The van der Waals surface area contributed by atoms with Crippen LogP contribution in [-0.4, -0.2) is 31.3 Å². The number of amides is 1. The van der Waals surface area contributed by atoms with Crippen LogP contribution in [0.15, 0.2) is 0 Å². The lowest BCUT2D eigenvalue weighted by atomic mass is 9.86. The summed E-state index contributed by atoms with van der Waals surface area (Å²) >= 11 is 0. The molecule has 0 heterocycles. The maximum Gasteiger partial charge on any atom is 0.411 e. The minimum absolute atomic E-state index is 0.0748. The van der Waals surface area contributed by atoms with E-state index < -0.39 is 25.3 Å². The van der Waals surface area contributed by atoms with E-state index in [1.807, 2.05) is 6.92 Å². The van der Waals surface area contributed by atoms with E-state index in [2.05, 4.69) is 10.1 Å². The third kappa shape index (κ3) is 5.91. The Morgan fingerprint density at radius 3 is 2.59 bits per heavy atom. The highest BCUT2D eigenvalue weighted by molar-refractivity contribution is 5.77. The van der Waals surface area contributed by atoms with E-state index in [-0.39, 0.29) is 6.04 Å². The van der Waals surface area contributed by atoms with Gasteiger partial charge in [0.2, 0.25) is 5.91 Å². The number of nitrogens with one attached hydrogen (secondary N) is 1. The maximum atomic E-state index is 11.8. The second kappa shape index (κ2) is 6.23. The van der Waals surface area contributed by atoms with Gasteiger partial charge in [-0.05, 0) is 18.8 Å². The molecule has 1 N–H and O–H groups in total. The van der Waals surface area contributed by atoms with Gasteiger partial charge in [-0.2, -0.15) is 13.2 Å². The number of ether oxygens (including phenoxy) is 1. The summed E-state index contributed by atoms with van der Waals surface area (Å²) in [4.78, 5) is 11.3. The Morgan fingerprint density at radius 2 is 2.00 bits per heavy atom. The van der Waals surface area contributed by atoms with E-state index in [4.69, 9.17) is 0 Å². The van der Waals surface area contributed by atoms with Gasteiger partial charge in [0.25, 0.3) is 0 Å². The molecule has 0 aliphatic heterocycles. The molecule has 3 nitrogen and oxygen atoms in total. The van der Waals surface area contributed by atoms with Crippen molar-refractivity contribution in [2.24, 2.45) is 5.92 Å². The molecular formula is C11H18F3NO2. The number of carbonyl (C=O) groups is 1. The molecule has 1 fully saturated rings. The second-order valence-corrected chi connectivity index (χ2v) is 4.54. The molecule has 0 spiro atoms. The predicted molar refractivity (Wildman–Crippen MR) is 56.4 cm³/mol. The van der Waals surface area contributed by atoms with Gasteiger partial charge in [0.05, 0.1) is 0 Å². The number of hydrogen-bond donors (Lipinski definition) is 1. The van der Waals surface area contributed by atoms with Crippen LogP contribution in [0.5, 0.6) is 0 Å². The average Bonchev–Trinajstić information content (AvgIpc) is 2.19. The van der Waals surface area contributed by atoms with Gasteiger partial charge in [0, 0.05) is 6.04 Å². The quantitative estimate of drug-likeness (QED) is 0.834. The Balaban J connectivity index is 2.20. The zero-order valence-corrected chi connectivity index (χ0v) is 9.85. The first-order valence-corrected chi connectivity index (χ1v) is 5.82. The minimum atomic E-state index is -4.38. The molecule has 1 saturated carbocycles. The van der Waals surface area contributed by atoms with Crippen molar-refractivity contribution in [3.8, 4) is 0 Å². The van der Waals surface area contributed by atoms with Crippen molar-refractivity contribution in [3.05, 3.63) is 0 Å². The normalized spacial score (nSPS) is 25.6. The molecular weight excluding hydrogens is 235 g/mol. The molecule has 100 valence electrons. The lowest BCUT2D eigenvalue weighted by Gasteiger charge is -2.29. The van der Waals surface area contributed by atoms with E-state index in [1.54, 1.807) is 0 Å². The lowest BCUT2D eigenvalue weighted by molar-refractivity contribution is -0.175. The van der Waals surface area contributed by atoms with Gasteiger partial charge in [0.15, 0.2) is 0 Å². The van der Waals surface area contributed by atoms with E-state index in [0.29, 0.717) is 5.92 Å². The molecule has 0 radical (unpaired) electrons. The van der Waals surface area contributed by atoms with Gasteiger partial charge < -0.3 is 10.1 Å². The van der Waals surface area contributed by atoms with Crippen molar-refractivity contribution in [1.82, 2.24) is 5.32 Å². The summed E-state index contributed by atoms with van der Waals surface area (Å²) < 4.78 is 39.6. The molecule has 0 bridgehead atoms. The highest BCUT2D eigenvalue weighted by Crippen LogP contribution is 2.23. The number of alkyl halides is 3. The molecule has 6 heteroatoms. The SMILES string of the molecule is C[C@@H]1CCCC[C@@H]1NC(=O)COCC(F)(F)F. The third-order valence-corrected chi connectivity index (χ3v) is 2.96. The van der Waals surface area contributed by atoms with Crippen molar-refractivity contribution >= 4 is 5.91 Å². The monoisotopic (exact) mass is 253 g/mol. The average molecular weight is 253 g/mol. The van der Waals surface area contributed by atoms with Crippen LogP contribution >= 0.6 is 0 Å². The first kappa shape index (κ1) is 14.3. The Morgan fingerprint density at radius 1 is 1.35 bits per heavy atom. The maximum absolute atomic E-state index is 11.8. The zero-order valence-electron chi connectivity index (χ0n) is 9.85. The van der Waals surface area contributed by atoms with E-state index in [9.17, 15) is 18.0 Å². The van der Waals surface area contributed by atoms with Gasteiger partial charge in [-0.3, -0.25) is 4.79 Å². The summed E-state index contributed by atoms with van der Waals surface area (Å²) in [6, 6.07) is 0.0748. The largest absolute Gasteiger partial charge is 0.411 e. The number of halogens is 3. The fourth-order valence-corrected chi connectivity index (χ4v) is 2.04. The highest BCUT2D eigenvalue weighted by atomic mass is 19.4. The van der Waals surface area contributed by atoms with Crippen LogP contribution in [0.1, 0.15) is 32.6 Å². The van der Waals surface area contributed by atoms with Crippen molar-refractivity contribution < 1.29 is 22.7 Å². The van der Waals surface area contributed by atoms with E-state index in [0.717, 1.165) is 25.7 Å². The number of carbonyl (C=O) groups excluding carboxylic acids is 1. The molecule has 0 aromatic rings. The van der Waals surface area contributed by atoms with Crippen LogP contribution in [0, 0.1) is 5.92 Å². The van der Waals surface area contributed by atoms with E-state index in [1.165, 1.54) is 0 Å². The smallest absolute Gasteiger partial charge is 0.362 e. The number of rotatable bonds is 4. The molecule has 1 aliphatic rings. The number of hydrogen-bond acceptors (Lipinski definition) is 2. The van der Waals surface area contributed by atoms with Crippen molar-refractivity contribution in [2.75, 3.05) is 13.2 Å². The fraction of sp³-hybridized carbons (Fsp3) is 0.909. The van der Waals surface area contributed by atoms with Crippen LogP contribution in [0.3, 0.4) is 0 Å². The van der Waals surface area contributed by atoms with Crippen LogP contribution in [0.4, 0.5) is 13.2 Å². The topological polar surface area (TPSA) is 38.3 Å². The summed E-state index contributed by atoms with van der Waals surface area (Å²) in [6.07, 6.45) is -0.226. The van der Waals surface area contributed by atoms with Crippen LogP contribution < -0.4 is 5.32 Å². The molecule has 1 rings (SSSR count). The first-order valence-electron chi connectivity index (χ1n) is 5.82. The first-order chi connectivity index (χ1) is 7.88. The molecule has 1 amide bonds. The summed E-state index contributed by atoms with van der Waals surface area (Å²) in [5.41, 5.74) is 0. The second-order valence-electron chi connectivity index (χ2n) is 4.54. The third-order valence-electron chi connectivity index (χ3n) is 2.96. The standard InChI is InChI=1S/C11H18F3NO2/c1-8-4-2-3-5-9(8)15-10(16)6-17-7-11(12,13)14/h8-9H,2-7H2,1H3,(H,15,16)/t8-,9+/m1/s1. The van der Waals surface area contributed by atoms with Crippen molar-refractivity contribution in [3.63, 3.8) is 0 Å². The zero-order chi connectivity index (χ0) is 12.9. The van der Waals surface area contributed by atoms with Crippen molar-refractivity contribution in [1.29, 1.82) is 0 Å². The van der Waals surface area contributed by atoms with Gasteiger partial charge in [-0.25, -0.2) is 0 Å². The van der Waals surface area contributed by atoms with Gasteiger partial charge >= 0.3 is 6.18 Å². The Kier molecular flexibility index (Phi) is 5.24. The molecule has 2 atom stereocenters. The molecule has 17 heavy (non-hydrogen) atoms. The Hall–Kier alpha value is -0.780. The highest BCUT2D eigenvalue weighted by Gasteiger charge is 2.28. The molecule has 0 aromatic carbocycles. The van der Waals surface area contributed by atoms with Gasteiger partial charge in [-0.15, -0.1) is 0 Å². The molecule has 0 saturated heterocycles. The fourth-order valence-electron chi connectivity index (χ4n) is 2.04. The predicted octanol–water partition coefficient (Wildman–Crippen LogP) is 2.26. The summed E-state index contributed by atoms with van der Waals surface area (Å²) in [7, 11) is 0. The minimum Gasteiger partial charge on any atom is -0.362 e. The summed E-state index contributed by atoms with van der Waals surface area (Å²) in [5, 5.41) is 2.72. The summed E-state index contributed by atoms with van der Waals surface area (Å²) in [6.45, 7) is 0.143. The molecule has 1 aliphatic carbocycles. The van der Waals surface area contributed by atoms with Gasteiger partial charge in [-0.1, -0.05) is 19.8 Å². The molecule has 0 unspecified atom stereocenters. The van der Waals surface area contributed by atoms with Crippen molar-refractivity contribution in [2.45, 2.75) is 44.8 Å². The lowest BCUT2D eigenvalue weighted by Crippen LogP contribution is -2.43. The van der Waals surface area contributed by atoms with E-state index >= 15 is 0 Å². The van der Waals surface area contributed by atoms with Gasteiger partial charge in [0.1, 0.15) is 13.2 Å². The molecule has 0 aromatic heterocycles. The summed E-state index contributed by atoms with van der Waals surface area (Å²) in [5.74, 6) is -0.0803. The Bertz CT molecular complexity index is 256. The van der Waals surface area contributed by atoms with Crippen LogP contribution in [0.25, 0.3) is 0 Å².